The van der Waals surface area contributed by atoms with Crippen molar-refractivity contribution in [2.75, 3.05) is 0 Å². The van der Waals surface area contributed by atoms with E-state index < -0.39 is 39.6 Å². The summed E-state index contributed by atoms with van der Waals surface area (Å²) in [5.41, 5.74) is 0.0865. The first kappa shape index (κ1) is 14.2. The molecule has 1 N–H and O–H groups in total. The summed E-state index contributed by atoms with van der Waals surface area (Å²) in [6, 6.07) is 7.54. The summed E-state index contributed by atoms with van der Waals surface area (Å²) < 4.78 is 30.6. The molecule has 1 unspecified atom stereocenters. The Morgan fingerprint density at radius 1 is 1.25 bits per heavy atom. The Morgan fingerprint density at radius 2 is 1.85 bits per heavy atom. The van der Waals surface area contributed by atoms with Crippen molar-refractivity contribution in [3.05, 3.63) is 35.9 Å². The third kappa shape index (κ3) is 2.68. The highest BCUT2D eigenvalue weighted by Crippen LogP contribution is 2.20. The highest BCUT2D eigenvalue weighted by molar-refractivity contribution is 7.87. The van der Waals surface area contributed by atoms with Crippen molar-refractivity contribution in [1.29, 1.82) is 0 Å². The standard InChI is InChI=1S/C11H9NO7S/c13-9-6-8(20(16,17)18)10(14)12(9)19-11(15)7-4-2-1-3-5-7/h1-5,8H,6H2,(H,16,17,18)/i1+1,2+1,3+1,4+1,5+1,7+1. The van der Waals surface area contributed by atoms with E-state index in [0.29, 0.717) is 0 Å². The molecule has 1 atom stereocenters. The van der Waals surface area contributed by atoms with Gasteiger partial charge in [-0.3, -0.25) is 14.1 Å². The number of nitrogens with zero attached hydrogens (tertiary/aromatic N) is 1. The molecule has 1 fully saturated rings. The van der Waals surface area contributed by atoms with Crippen LogP contribution in [-0.4, -0.2) is 41.1 Å². The minimum atomic E-state index is -4.72. The molecule has 1 aliphatic heterocycles. The van der Waals surface area contributed by atoms with Crippen molar-refractivity contribution in [2.24, 2.45) is 0 Å². The lowest BCUT2D eigenvalue weighted by atomic mass is 10.4. The van der Waals surface area contributed by atoms with Gasteiger partial charge in [0.2, 0.25) is 0 Å². The first-order valence-electron chi connectivity index (χ1n) is 5.41. The van der Waals surface area contributed by atoms with Gasteiger partial charge in [-0.25, -0.2) is 4.79 Å². The Labute approximate surface area is 113 Å². The Hall–Kier alpha value is -2.26. The second kappa shape index (κ2) is 5.02. The van der Waals surface area contributed by atoms with E-state index in [0.717, 1.165) is 0 Å². The number of amides is 2. The number of carbonyl (C=O) groups excluding carboxylic acids is 3. The summed E-state index contributed by atoms with van der Waals surface area (Å²) in [6.45, 7) is 0. The molecule has 1 aromatic carbocycles. The number of benzene rings is 1. The summed E-state index contributed by atoms with van der Waals surface area (Å²) in [5.74, 6) is -3.29. The zero-order valence-corrected chi connectivity index (χ0v) is 10.7. The van der Waals surface area contributed by atoms with E-state index in [9.17, 15) is 22.8 Å². The van der Waals surface area contributed by atoms with E-state index in [4.69, 9.17) is 4.55 Å². The number of imide groups is 1. The molecular weight excluding hydrogens is 296 g/mol. The van der Waals surface area contributed by atoms with Gasteiger partial charge in [-0.1, -0.05) is 18.2 Å². The van der Waals surface area contributed by atoms with E-state index in [-0.39, 0.29) is 10.6 Å². The van der Waals surface area contributed by atoms with Crippen LogP contribution in [0, 0.1) is 0 Å². The maximum Gasteiger partial charge on any atom is 0.363 e. The molecule has 20 heavy (non-hydrogen) atoms. The summed E-state index contributed by atoms with van der Waals surface area (Å²) in [7, 11) is -4.72. The van der Waals surface area contributed by atoms with Crippen LogP contribution >= 0.6 is 0 Å². The van der Waals surface area contributed by atoms with Gasteiger partial charge >= 0.3 is 5.97 Å². The van der Waals surface area contributed by atoms with E-state index in [1.807, 2.05) is 0 Å². The summed E-state index contributed by atoms with van der Waals surface area (Å²) >= 11 is 0. The number of rotatable bonds is 3. The van der Waals surface area contributed by atoms with Gasteiger partial charge in [-0.15, -0.1) is 5.06 Å². The molecule has 0 spiro atoms. The number of hydroxylamine groups is 2. The van der Waals surface area contributed by atoms with Gasteiger partial charge in [0.1, 0.15) is 0 Å². The number of carbonyl (C=O) groups is 3. The fourth-order valence-corrected chi connectivity index (χ4v) is 2.32. The molecule has 0 aliphatic carbocycles. The minimum Gasteiger partial charge on any atom is -0.325 e. The molecule has 106 valence electrons. The van der Waals surface area contributed by atoms with Gasteiger partial charge in [0.15, 0.2) is 5.25 Å². The van der Waals surface area contributed by atoms with Gasteiger partial charge in [0, 0.05) is 0 Å². The molecule has 1 saturated heterocycles. The van der Waals surface area contributed by atoms with Crippen molar-refractivity contribution in [1.82, 2.24) is 5.06 Å². The van der Waals surface area contributed by atoms with E-state index in [1.54, 1.807) is 18.2 Å². The normalized spacial score (nSPS) is 19.2. The monoisotopic (exact) mass is 305 g/mol. The summed E-state index contributed by atoms with van der Waals surface area (Å²) in [4.78, 5) is 39.3. The van der Waals surface area contributed by atoms with Crippen LogP contribution in [0.3, 0.4) is 0 Å². The number of hydrogen-bond acceptors (Lipinski definition) is 6. The summed E-state index contributed by atoms with van der Waals surface area (Å²) in [6.07, 6.45) is -0.764. The Balaban J connectivity index is 2.17. The van der Waals surface area contributed by atoms with Gasteiger partial charge in [-0.05, 0) is 12.1 Å². The van der Waals surface area contributed by atoms with Crippen LogP contribution in [0.5, 0.6) is 0 Å². The number of hydrogen-bond donors (Lipinski definition) is 1. The van der Waals surface area contributed by atoms with Gasteiger partial charge < -0.3 is 4.84 Å². The molecule has 0 aromatic heterocycles. The van der Waals surface area contributed by atoms with Crippen molar-refractivity contribution in [3.8, 4) is 0 Å². The predicted molar refractivity (Wildman–Crippen MR) is 63.7 cm³/mol. The van der Waals surface area contributed by atoms with Crippen LogP contribution in [-0.2, 0) is 24.5 Å². The molecule has 0 bridgehead atoms. The predicted octanol–water partition coefficient (Wildman–Crippen LogP) is -0.226. The minimum absolute atomic E-state index is 0.0633. The third-order valence-electron chi connectivity index (χ3n) is 2.61. The van der Waals surface area contributed by atoms with Crippen LogP contribution in [0.2, 0.25) is 0 Å². The molecule has 0 radical (unpaired) electrons. The Kier molecular flexibility index (Phi) is 3.55. The van der Waals surface area contributed by atoms with Gasteiger partial charge in [0.05, 0.1) is 12.0 Å². The van der Waals surface area contributed by atoms with Crippen LogP contribution in [0.4, 0.5) is 0 Å². The van der Waals surface area contributed by atoms with Crippen molar-refractivity contribution in [3.63, 3.8) is 0 Å². The highest BCUT2D eigenvalue weighted by Gasteiger charge is 2.48. The summed E-state index contributed by atoms with van der Waals surface area (Å²) in [5, 5.41) is -1.87. The van der Waals surface area contributed by atoms with E-state index in [2.05, 4.69) is 4.84 Å². The van der Waals surface area contributed by atoms with Crippen LogP contribution in [0.1, 0.15) is 16.8 Å². The third-order valence-corrected chi connectivity index (χ3v) is 3.69. The Morgan fingerprint density at radius 3 is 2.35 bits per heavy atom. The largest absolute Gasteiger partial charge is 0.363 e. The van der Waals surface area contributed by atoms with E-state index >= 15 is 0 Å². The molecule has 0 saturated carbocycles. The molecule has 2 amide bonds. The first-order valence-corrected chi connectivity index (χ1v) is 6.91. The topological polar surface area (TPSA) is 118 Å². The molecular formula is C11H9NO7S. The van der Waals surface area contributed by atoms with Crippen molar-refractivity contribution < 1.29 is 32.2 Å². The van der Waals surface area contributed by atoms with Crippen molar-refractivity contribution in [2.45, 2.75) is 11.7 Å². The Bertz CT molecular complexity index is 667. The second-order valence-electron chi connectivity index (χ2n) is 3.98. The van der Waals surface area contributed by atoms with Crippen LogP contribution in [0.15, 0.2) is 30.3 Å². The quantitative estimate of drug-likeness (QED) is 0.605. The first-order chi connectivity index (χ1) is 9.30. The van der Waals surface area contributed by atoms with Gasteiger partial charge in [-0.2, -0.15) is 8.42 Å². The average molecular weight is 305 g/mol. The molecule has 8 nitrogen and oxygen atoms in total. The van der Waals surface area contributed by atoms with E-state index in [1.165, 1.54) is 12.1 Å². The lowest BCUT2D eigenvalue weighted by Gasteiger charge is -2.13. The maximum absolute atomic E-state index is 11.7. The maximum atomic E-state index is 11.7. The fourth-order valence-electron chi connectivity index (χ4n) is 1.62. The lowest BCUT2D eigenvalue weighted by Crippen LogP contribution is -2.36. The smallest absolute Gasteiger partial charge is 0.325 e. The SMILES string of the molecule is O=C(ON1C(=O)CC(S(=O)(=O)O)C1=O)[13c]1[13cH][13cH][13cH][13cH][13cH]1. The molecule has 9 heteroatoms. The molecule has 1 aliphatic rings. The van der Waals surface area contributed by atoms with Crippen LogP contribution in [0.25, 0.3) is 0 Å². The zero-order valence-electron chi connectivity index (χ0n) is 9.92. The lowest BCUT2D eigenvalue weighted by molar-refractivity contribution is -0.172. The fraction of sp³-hybridized carbons (Fsp3) is 0.182. The highest BCUT2D eigenvalue weighted by atomic mass is 32.2. The molecule has 1 aromatic rings. The van der Waals surface area contributed by atoms with Crippen LogP contribution < -0.4 is 0 Å². The van der Waals surface area contributed by atoms with Gasteiger partial charge in [0.25, 0.3) is 21.9 Å². The average Bonchev–Trinajstić information content (AvgIpc) is 2.67. The second-order valence-corrected chi connectivity index (χ2v) is 5.58. The molecule has 1 heterocycles. The molecule has 2 rings (SSSR count). The zero-order chi connectivity index (χ0) is 14.9. The van der Waals surface area contributed by atoms with Crippen molar-refractivity contribution >= 4 is 27.9 Å².